The largest absolute Gasteiger partial charge is 0.179 e. The van der Waals surface area contributed by atoms with Crippen LogP contribution < -0.4 is 0 Å². The maximum Gasteiger partial charge on any atom is -0.0253 e. The Morgan fingerprint density at radius 3 is 2.11 bits per heavy atom. The molecule has 0 amide bonds. The fourth-order valence-corrected chi connectivity index (χ4v) is 3.92. The van der Waals surface area contributed by atoms with Gasteiger partial charge in [-0.3, -0.25) is 6.08 Å². The van der Waals surface area contributed by atoms with E-state index in [1.807, 2.05) is 30.3 Å². The van der Waals surface area contributed by atoms with Gasteiger partial charge in [0.25, 0.3) is 0 Å². The van der Waals surface area contributed by atoms with Gasteiger partial charge in [0.15, 0.2) is 0 Å². The van der Waals surface area contributed by atoms with Crippen molar-refractivity contribution in [3.63, 3.8) is 0 Å². The number of halogens is 2. The molecule has 0 saturated heterocycles. The van der Waals surface area contributed by atoms with E-state index in [-0.39, 0.29) is 24.8 Å². The van der Waals surface area contributed by atoms with Crippen molar-refractivity contribution >= 4 is 29.0 Å². The number of allylic oxidation sites excluding steroid dienone is 4. The maximum atomic E-state index is 3.40. The van der Waals surface area contributed by atoms with Crippen LogP contribution in [0.5, 0.6) is 0 Å². The second-order valence-corrected chi connectivity index (χ2v) is 9.55. The molecule has 3 heteroatoms. The summed E-state index contributed by atoms with van der Waals surface area (Å²) in [6, 6.07) is 28.9. The van der Waals surface area contributed by atoms with Gasteiger partial charge in [0.05, 0.1) is 0 Å². The summed E-state index contributed by atoms with van der Waals surface area (Å²) in [7, 11) is 0. The fourth-order valence-electron chi connectivity index (χ4n) is 3.92. The fraction of sp³-hybridized carbons (Fsp3) is 0.303. The molecule has 5 rings (SSSR count). The van der Waals surface area contributed by atoms with Crippen molar-refractivity contribution in [2.75, 3.05) is 0 Å². The first-order chi connectivity index (χ1) is 16.4. The van der Waals surface area contributed by atoms with E-state index in [0.717, 1.165) is 6.42 Å². The summed E-state index contributed by atoms with van der Waals surface area (Å²) in [6.07, 6.45) is 11.5. The first-order valence-corrected chi connectivity index (χ1v) is 13.8. The molecule has 0 radical (unpaired) electrons. The molecule has 0 saturated carbocycles. The normalized spacial score (nSPS) is 13.9. The second kappa shape index (κ2) is 17.8. The SMILES string of the molecule is CCCC1[C-]=CC(C(C)(C)C)=C1.Cc1cc[c-]cc1.Cl.Cl.[CH2]=[Zr].[c-]1cccc2c1Cc1ccccc1-2. The van der Waals surface area contributed by atoms with Crippen LogP contribution in [-0.4, -0.2) is 4.21 Å². The minimum Gasteiger partial charge on any atom is -0.179 e. The Labute approximate surface area is 247 Å². The molecule has 0 N–H and O–H groups in total. The summed E-state index contributed by atoms with van der Waals surface area (Å²) in [4.78, 5) is 0. The van der Waals surface area contributed by atoms with E-state index >= 15 is 0 Å². The summed E-state index contributed by atoms with van der Waals surface area (Å²) in [6.45, 7) is 11.1. The van der Waals surface area contributed by atoms with E-state index in [0.29, 0.717) is 11.3 Å². The van der Waals surface area contributed by atoms with Crippen LogP contribution in [0.4, 0.5) is 0 Å². The van der Waals surface area contributed by atoms with Crippen molar-refractivity contribution in [1.29, 1.82) is 0 Å². The Morgan fingerprint density at radius 2 is 1.56 bits per heavy atom. The Balaban J connectivity index is 0.000000498. The van der Waals surface area contributed by atoms with E-state index in [2.05, 4.69) is 106 Å². The van der Waals surface area contributed by atoms with Crippen molar-refractivity contribution in [1.82, 2.24) is 0 Å². The van der Waals surface area contributed by atoms with Crippen LogP contribution in [0.1, 0.15) is 57.2 Å². The average molecular weight is 598 g/mol. The van der Waals surface area contributed by atoms with Gasteiger partial charge in [-0.1, -0.05) is 94.2 Å². The predicted molar refractivity (Wildman–Crippen MR) is 159 cm³/mol. The van der Waals surface area contributed by atoms with Crippen LogP contribution in [0.15, 0.2) is 84.5 Å². The molecule has 0 aromatic heterocycles. The van der Waals surface area contributed by atoms with Crippen molar-refractivity contribution in [3.8, 4) is 11.1 Å². The van der Waals surface area contributed by atoms with Gasteiger partial charge in [0.1, 0.15) is 0 Å². The van der Waals surface area contributed by atoms with Gasteiger partial charge in [-0.2, -0.15) is 77.4 Å². The zero-order valence-electron chi connectivity index (χ0n) is 22.2. The smallest absolute Gasteiger partial charge is 0.0253 e. The summed E-state index contributed by atoms with van der Waals surface area (Å²) in [5.41, 5.74) is 8.55. The molecule has 0 spiro atoms. The van der Waals surface area contributed by atoms with Gasteiger partial charge < -0.3 is 0 Å². The third-order valence-corrected chi connectivity index (χ3v) is 5.80. The molecular weight excluding hydrogens is 558 g/mol. The molecule has 3 aromatic rings. The molecular formula is C33H39Cl2Zr-3. The molecule has 0 fully saturated rings. The van der Waals surface area contributed by atoms with Crippen molar-refractivity contribution in [2.45, 2.75) is 53.9 Å². The Hall–Kier alpha value is -1.53. The zero-order valence-corrected chi connectivity index (χ0v) is 26.3. The van der Waals surface area contributed by atoms with Crippen molar-refractivity contribution < 1.29 is 24.2 Å². The number of hydrogen-bond donors (Lipinski definition) is 0. The zero-order chi connectivity index (χ0) is 25.0. The quantitative estimate of drug-likeness (QED) is 0.202. The van der Waals surface area contributed by atoms with E-state index < -0.39 is 0 Å². The molecule has 3 aromatic carbocycles. The van der Waals surface area contributed by atoms with Crippen LogP contribution in [0.25, 0.3) is 11.1 Å². The van der Waals surface area contributed by atoms with Crippen LogP contribution in [0.2, 0.25) is 0 Å². The van der Waals surface area contributed by atoms with Gasteiger partial charge in [-0.05, 0) is 6.42 Å². The van der Waals surface area contributed by atoms with Gasteiger partial charge in [-0.25, -0.2) is 6.08 Å². The number of benzene rings is 3. The number of rotatable bonds is 2. The summed E-state index contributed by atoms with van der Waals surface area (Å²) >= 11 is 1.30. The maximum absolute atomic E-state index is 3.40. The molecule has 2 aliphatic rings. The molecule has 2 aliphatic carbocycles. The standard InChI is InChI=1S/C13H9.C12H19.C7H7.CH2.2ClH.Zr/c1-3-7-12-10(5-1)9-11-6-2-4-8-13(11)12;1-5-6-10-7-8-11(9-10)12(2,3)4;1-7-5-3-2-4-6-7;;;;/h1-5,7-8H,9H2;8-10H,5-6H2,1-4H3;3-6H,1H3;1H2;2*1H;/q3*-1;;;;. The van der Waals surface area contributed by atoms with Crippen LogP contribution >= 0.6 is 24.8 Å². The Bertz CT molecular complexity index is 1030. The molecule has 0 aliphatic heterocycles. The molecule has 0 heterocycles. The second-order valence-electron chi connectivity index (χ2n) is 9.55. The number of hydrogen-bond acceptors (Lipinski definition) is 0. The number of fused-ring (bicyclic) bond motifs is 3. The third-order valence-electron chi connectivity index (χ3n) is 5.80. The first-order valence-electron chi connectivity index (χ1n) is 12.1. The minimum atomic E-state index is 0. The average Bonchev–Trinajstić information content (AvgIpc) is 3.47. The molecule has 1 unspecified atom stereocenters. The molecule has 1 atom stereocenters. The van der Waals surface area contributed by atoms with Gasteiger partial charge in [-0.15, -0.1) is 30.4 Å². The first kappa shape index (κ1) is 34.5. The summed E-state index contributed by atoms with van der Waals surface area (Å²) < 4.78 is 3.34. The molecule has 0 bridgehead atoms. The Kier molecular flexibility index (Phi) is 17.1. The molecule has 0 nitrogen and oxygen atoms in total. The predicted octanol–water partition coefficient (Wildman–Crippen LogP) is 9.41. The van der Waals surface area contributed by atoms with E-state index in [4.69, 9.17) is 0 Å². The van der Waals surface area contributed by atoms with E-state index in [1.54, 1.807) is 0 Å². The topological polar surface area (TPSA) is 0 Å². The van der Waals surface area contributed by atoms with Crippen molar-refractivity contribution in [3.05, 3.63) is 119 Å². The summed E-state index contributed by atoms with van der Waals surface area (Å²) in [5.74, 6) is 0.587. The van der Waals surface area contributed by atoms with Crippen LogP contribution in [-0.2, 0) is 30.7 Å². The van der Waals surface area contributed by atoms with Gasteiger partial charge in [0, 0.05) is 0 Å². The minimum absolute atomic E-state index is 0. The number of aryl methyl sites for hydroxylation is 1. The summed E-state index contributed by atoms with van der Waals surface area (Å²) in [5, 5.41) is 0. The van der Waals surface area contributed by atoms with E-state index in [1.165, 1.54) is 70.5 Å². The van der Waals surface area contributed by atoms with Gasteiger partial charge >= 0.3 is 28.4 Å². The monoisotopic (exact) mass is 595 g/mol. The molecule has 192 valence electrons. The van der Waals surface area contributed by atoms with Crippen molar-refractivity contribution in [2.24, 2.45) is 11.3 Å². The van der Waals surface area contributed by atoms with Crippen LogP contribution in [0, 0.1) is 36.5 Å². The Morgan fingerprint density at radius 1 is 0.917 bits per heavy atom. The van der Waals surface area contributed by atoms with Crippen LogP contribution in [0.3, 0.4) is 0 Å². The van der Waals surface area contributed by atoms with Gasteiger partial charge in [0.2, 0.25) is 0 Å². The molecule has 36 heavy (non-hydrogen) atoms. The third kappa shape index (κ3) is 10.8. The van der Waals surface area contributed by atoms with E-state index in [9.17, 15) is 0 Å².